The van der Waals surface area contributed by atoms with Crippen molar-refractivity contribution in [3.63, 3.8) is 0 Å². The number of carboxylic acids is 1. The van der Waals surface area contributed by atoms with Gasteiger partial charge < -0.3 is 5.11 Å². The van der Waals surface area contributed by atoms with Crippen LogP contribution in [0.15, 0.2) is 53.4 Å². The first-order chi connectivity index (χ1) is 13.1. The number of aryl methyl sites for hydroxylation is 1. The van der Waals surface area contributed by atoms with Gasteiger partial charge in [0.1, 0.15) is 0 Å². The first kappa shape index (κ1) is 20.9. The van der Waals surface area contributed by atoms with Crippen molar-refractivity contribution in [1.82, 2.24) is 0 Å². The summed E-state index contributed by atoms with van der Waals surface area (Å²) < 4.78 is 29.2. The van der Waals surface area contributed by atoms with E-state index in [0.717, 1.165) is 24.3 Å². The molecule has 0 aliphatic rings. The van der Waals surface area contributed by atoms with E-state index >= 15 is 0 Å². The smallest absolute Gasteiger partial charge is 0.334 e. The van der Waals surface area contributed by atoms with Crippen molar-refractivity contribution in [2.45, 2.75) is 23.8 Å². The Morgan fingerprint density at radius 3 is 1.86 bits per heavy atom. The molecule has 28 heavy (non-hydrogen) atoms. The second-order valence-electron chi connectivity index (χ2n) is 5.59. The Hall–Kier alpha value is -3.38. The molecule has 11 nitrogen and oxygen atoms in total. The second-order valence-corrected chi connectivity index (χ2v) is 7.16. The van der Waals surface area contributed by atoms with Crippen LogP contribution in [-0.2, 0) is 25.5 Å². The molecule has 0 fully saturated rings. The van der Waals surface area contributed by atoms with Crippen LogP contribution in [-0.4, -0.2) is 35.4 Å². The number of carboxylic acid groups (broad SMARTS) is 1. The van der Waals surface area contributed by atoms with Crippen molar-refractivity contribution in [2.75, 3.05) is 0 Å². The van der Waals surface area contributed by atoms with Crippen LogP contribution in [0.5, 0.6) is 0 Å². The summed E-state index contributed by atoms with van der Waals surface area (Å²) in [6, 6.07) is 9.18. The van der Waals surface area contributed by atoms with Crippen molar-refractivity contribution in [3.8, 4) is 0 Å². The van der Waals surface area contributed by atoms with E-state index in [9.17, 15) is 38.5 Å². The SMILES string of the molecule is O=C(O)[C@@H](CCc1ccc([N+](=O)[O-])cc1)OS(=O)(=O)c1ccc([N+](=O)[O-])cc1. The van der Waals surface area contributed by atoms with Gasteiger partial charge in [-0.1, -0.05) is 12.1 Å². The third-order valence-corrected chi connectivity index (χ3v) is 5.03. The summed E-state index contributed by atoms with van der Waals surface area (Å²) >= 11 is 0. The Kier molecular flexibility index (Phi) is 6.38. The van der Waals surface area contributed by atoms with Gasteiger partial charge in [-0.15, -0.1) is 0 Å². The predicted molar refractivity (Wildman–Crippen MR) is 94.2 cm³/mol. The molecule has 12 heteroatoms. The number of rotatable bonds is 9. The lowest BCUT2D eigenvalue weighted by atomic mass is 10.1. The zero-order chi connectivity index (χ0) is 20.9. The van der Waals surface area contributed by atoms with Crippen LogP contribution in [0.1, 0.15) is 12.0 Å². The first-order valence-electron chi connectivity index (χ1n) is 7.74. The number of non-ortho nitro benzene ring substituents is 2. The molecule has 148 valence electrons. The molecule has 2 aromatic carbocycles. The van der Waals surface area contributed by atoms with Crippen LogP contribution < -0.4 is 0 Å². The van der Waals surface area contributed by atoms with Gasteiger partial charge in [0, 0.05) is 24.3 Å². The number of carbonyl (C=O) groups is 1. The van der Waals surface area contributed by atoms with Crippen molar-refractivity contribution < 1.29 is 32.3 Å². The Labute approximate surface area is 158 Å². The average molecular weight is 410 g/mol. The topological polar surface area (TPSA) is 167 Å². The maximum absolute atomic E-state index is 12.2. The Balaban J connectivity index is 2.09. The fourth-order valence-electron chi connectivity index (χ4n) is 2.24. The molecule has 0 aromatic heterocycles. The molecule has 0 saturated heterocycles. The van der Waals surface area contributed by atoms with E-state index in [1.807, 2.05) is 0 Å². The van der Waals surface area contributed by atoms with E-state index in [4.69, 9.17) is 4.18 Å². The molecule has 0 amide bonds. The number of aliphatic carboxylic acids is 1. The predicted octanol–water partition coefficient (Wildman–Crippen LogP) is 2.29. The molecular formula is C16H14N2O9S. The highest BCUT2D eigenvalue weighted by Crippen LogP contribution is 2.21. The summed E-state index contributed by atoms with van der Waals surface area (Å²) in [6.07, 6.45) is -1.81. The summed E-state index contributed by atoms with van der Waals surface area (Å²) in [5, 5.41) is 30.5. The normalized spacial score (nSPS) is 12.3. The van der Waals surface area contributed by atoms with Crippen LogP contribution in [0.2, 0.25) is 0 Å². The molecule has 0 aliphatic carbocycles. The number of benzene rings is 2. The van der Waals surface area contributed by atoms with Gasteiger partial charge in [0.05, 0.1) is 14.7 Å². The molecule has 0 radical (unpaired) electrons. The molecule has 0 heterocycles. The highest BCUT2D eigenvalue weighted by Gasteiger charge is 2.27. The van der Waals surface area contributed by atoms with E-state index < -0.39 is 36.9 Å². The summed E-state index contributed by atoms with van der Waals surface area (Å²) in [4.78, 5) is 30.9. The number of hydrogen-bond acceptors (Lipinski definition) is 8. The largest absolute Gasteiger partial charge is 0.479 e. The van der Waals surface area contributed by atoms with Crippen molar-refractivity contribution in [3.05, 3.63) is 74.3 Å². The van der Waals surface area contributed by atoms with Crippen molar-refractivity contribution >= 4 is 27.5 Å². The maximum Gasteiger partial charge on any atom is 0.334 e. The van der Waals surface area contributed by atoms with Gasteiger partial charge in [0.25, 0.3) is 21.5 Å². The summed E-state index contributed by atoms with van der Waals surface area (Å²) in [6.45, 7) is 0. The number of nitro groups is 2. The van der Waals surface area contributed by atoms with Gasteiger partial charge in [-0.25, -0.2) is 4.79 Å². The quantitative estimate of drug-likeness (QED) is 0.370. The molecule has 0 saturated carbocycles. The fourth-order valence-corrected chi connectivity index (χ4v) is 3.30. The minimum Gasteiger partial charge on any atom is -0.479 e. The zero-order valence-corrected chi connectivity index (χ0v) is 14.9. The van der Waals surface area contributed by atoms with Gasteiger partial charge in [-0.2, -0.15) is 8.42 Å². The summed E-state index contributed by atoms with van der Waals surface area (Å²) in [5.41, 5.74) is 0.107. The molecule has 0 unspecified atom stereocenters. The van der Waals surface area contributed by atoms with Crippen LogP contribution >= 0.6 is 0 Å². The minimum atomic E-state index is -4.46. The number of nitrogens with zero attached hydrogens (tertiary/aromatic N) is 2. The third-order valence-electron chi connectivity index (χ3n) is 3.70. The van der Waals surface area contributed by atoms with Crippen LogP contribution in [0.3, 0.4) is 0 Å². The fraction of sp³-hybridized carbons (Fsp3) is 0.188. The standard InChI is InChI=1S/C16H14N2O9S/c19-16(20)15(10-3-11-1-4-12(5-2-11)17(21)22)27-28(25,26)14-8-6-13(7-9-14)18(23)24/h1-2,4-9,15H,3,10H2,(H,19,20)/t15-/m1/s1. The highest BCUT2D eigenvalue weighted by atomic mass is 32.2. The minimum absolute atomic E-state index is 0.102. The molecule has 2 aromatic rings. The Bertz CT molecular complexity index is 986. The number of nitro benzene ring substituents is 2. The molecular weight excluding hydrogens is 396 g/mol. The van der Waals surface area contributed by atoms with E-state index in [0.29, 0.717) is 5.56 Å². The van der Waals surface area contributed by atoms with Gasteiger partial charge in [-0.05, 0) is 30.5 Å². The molecule has 0 bridgehead atoms. The lowest BCUT2D eigenvalue weighted by Crippen LogP contribution is -2.27. The maximum atomic E-state index is 12.2. The lowest BCUT2D eigenvalue weighted by Gasteiger charge is -2.13. The summed E-state index contributed by atoms with van der Waals surface area (Å²) in [5.74, 6) is -1.51. The third kappa shape index (κ3) is 5.31. The van der Waals surface area contributed by atoms with Gasteiger partial charge >= 0.3 is 5.97 Å². The van der Waals surface area contributed by atoms with Crippen LogP contribution in [0.25, 0.3) is 0 Å². The highest BCUT2D eigenvalue weighted by molar-refractivity contribution is 7.86. The molecule has 1 N–H and O–H groups in total. The Morgan fingerprint density at radius 1 is 0.964 bits per heavy atom. The molecule has 1 atom stereocenters. The van der Waals surface area contributed by atoms with E-state index in [-0.39, 0.29) is 24.2 Å². The second kappa shape index (κ2) is 8.54. The van der Waals surface area contributed by atoms with E-state index in [2.05, 4.69) is 0 Å². The van der Waals surface area contributed by atoms with Crippen LogP contribution in [0.4, 0.5) is 11.4 Å². The molecule has 2 rings (SSSR count). The van der Waals surface area contributed by atoms with Crippen LogP contribution in [0, 0.1) is 20.2 Å². The van der Waals surface area contributed by atoms with E-state index in [1.54, 1.807) is 0 Å². The summed E-state index contributed by atoms with van der Waals surface area (Å²) in [7, 11) is -4.46. The van der Waals surface area contributed by atoms with Gasteiger partial charge in [-0.3, -0.25) is 24.4 Å². The molecule has 0 aliphatic heterocycles. The monoisotopic (exact) mass is 410 g/mol. The Morgan fingerprint density at radius 2 is 1.43 bits per heavy atom. The van der Waals surface area contributed by atoms with Crippen molar-refractivity contribution in [2.24, 2.45) is 0 Å². The first-order valence-corrected chi connectivity index (χ1v) is 9.15. The van der Waals surface area contributed by atoms with E-state index in [1.165, 1.54) is 24.3 Å². The van der Waals surface area contributed by atoms with Crippen molar-refractivity contribution in [1.29, 1.82) is 0 Å². The van der Waals surface area contributed by atoms with Gasteiger partial charge in [0.15, 0.2) is 6.10 Å². The lowest BCUT2D eigenvalue weighted by molar-refractivity contribution is -0.385. The van der Waals surface area contributed by atoms with Gasteiger partial charge in [0.2, 0.25) is 0 Å². The number of hydrogen-bond donors (Lipinski definition) is 1. The molecule has 0 spiro atoms. The zero-order valence-electron chi connectivity index (χ0n) is 14.1. The average Bonchev–Trinajstić information content (AvgIpc) is 2.65.